The van der Waals surface area contributed by atoms with E-state index in [0.29, 0.717) is 0 Å². The Bertz CT molecular complexity index is 193. The standard InChI is InChI=1S/C14H29NO2/c1-4-5-6-7-8-9-10-11-14(12(2)15)17-13(3)16/h12,14H,4-11,15H2,1-3H3. The van der Waals surface area contributed by atoms with Gasteiger partial charge in [0.15, 0.2) is 0 Å². The Kier molecular flexibility index (Phi) is 10.2. The summed E-state index contributed by atoms with van der Waals surface area (Å²) in [5.74, 6) is -0.227. The molecule has 0 amide bonds. The van der Waals surface area contributed by atoms with E-state index in [-0.39, 0.29) is 18.1 Å². The topological polar surface area (TPSA) is 52.3 Å². The van der Waals surface area contributed by atoms with Crippen LogP contribution in [0.15, 0.2) is 0 Å². The smallest absolute Gasteiger partial charge is 0.302 e. The van der Waals surface area contributed by atoms with Gasteiger partial charge in [-0.3, -0.25) is 4.79 Å². The summed E-state index contributed by atoms with van der Waals surface area (Å²) in [7, 11) is 0. The molecule has 0 aromatic heterocycles. The maximum absolute atomic E-state index is 10.9. The molecule has 3 nitrogen and oxygen atoms in total. The van der Waals surface area contributed by atoms with Crippen molar-refractivity contribution in [3.8, 4) is 0 Å². The van der Waals surface area contributed by atoms with Crippen molar-refractivity contribution < 1.29 is 9.53 Å². The highest BCUT2D eigenvalue weighted by molar-refractivity contribution is 5.66. The molecule has 0 aliphatic carbocycles. The Labute approximate surface area is 106 Å². The third-order valence-electron chi connectivity index (χ3n) is 3.00. The van der Waals surface area contributed by atoms with Gasteiger partial charge in [0.2, 0.25) is 0 Å². The maximum atomic E-state index is 10.9. The monoisotopic (exact) mass is 243 g/mol. The molecule has 0 fully saturated rings. The van der Waals surface area contributed by atoms with Crippen molar-refractivity contribution >= 4 is 5.97 Å². The van der Waals surface area contributed by atoms with E-state index in [9.17, 15) is 4.79 Å². The summed E-state index contributed by atoms with van der Waals surface area (Å²) >= 11 is 0. The van der Waals surface area contributed by atoms with Crippen LogP contribution in [0.25, 0.3) is 0 Å². The predicted octanol–water partition coefficient (Wildman–Crippen LogP) is 3.41. The minimum Gasteiger partial charge on any atom is -0.461 e. The molecule has 17 heavy (non-hydrogen) atoms. The first-order valence-electron chi connectivity index (χ1n) is 7.00. The Morgan fingerprint density at radius 3 is 2.12 bits per heavy atom. The quantitative estimate of drug-likeness (QED) is 0.472. The molecule has 0 radical (unpaired) electrons. The molecule has 102 valence electrons. The Morgan fingerprint density at radius 2 is 1.65 bits per heavy atom. The van der Waals surface area contributed by atoms with E-state index in [4.69, 9.17) is 10.5 Å². The van der Waals surface area contributed by atoms with Crippen molar-refractivity contribution in [3.63, 3.8) is 0 Å². The van der Waals surface area contributed by atoms with Gasteiger partial charge in [-0.2, -0.15) is 0 Å². The van der Waals surface area contributed by atoms with Crippen molar-refractivity contribution in [3.05, 3.63) is 0 Å². The Morgan fingerprint density at radius 1 is 1.12 bits per heavy atom. The molecule has 2 N–H and O–H groups in total. The van der Waals surface area contributed by atoms with Crippen LogP contribution in [0.5, 0.6) is 0 Å². The molecule has 0 aliphatic heterocycles. The normalized spacial score (nSPS) is 14.4. The Hall–Kier alpha value is -0.570. The largest absolute Gasteiger partial charge is 0.461 e. The fourth-order valence-electron chi connectivity index (χ4n) is 1.94. The summed E-state index contributed by atoms with van der Waals surface area (Å²) in [6, 6.07) is -0.0704. The third kappa shape index (κ3) is 10.3. The van der Waals surface area contributed by atoms with E-state index >= 15 is 0 Å². The zero-order valence-corrected chi connectivity index (χ0v) is 11.7. The van der Waals surface area contributed by atoms with Crippen LogP contribution in [-0.2, 0) is 9.53 Å². The van der Waals surface area contributed by atoms with Gasteiger partial charge < -0.3 is 10.5 Å². The van der Waals surface area contributed by atoms with E-state index in [1.165, 1.54) is 45.4 Å². The van der Waals surface area contributed by atoms with Crippen molar-refractivity contribution in [2.45, 2.75) is 84.3 Å². The molecule has 0 bridgehead atoms. The number of ether oxygens (including phenoxy) is 1. The SMILES string of the molecule is CCCCCCCCCC(OC(C)=O)C(C)N. The van der Waals surface area contributed by atoms with Gasteiger partial charge in [0, 0.05) is 13.0 Å². The molecular weight excluding hydrogens is 214 g/mol. The van der Waals surface area contributed by atoms with Crippen LogP contribution in [0.1, 0.15) is 72.1 Å². The minimum atomic E-state index is -0.227. The molecule has 2 atom stereocenters. The van der Waals surface area contributed by atoms with Crippen LogP contribution < -0.4 is 5.73 Å². The molecule has 0 aromatic rings. The van der Waals surface area contributed by atoms with E-state index in [0.717, 1.165) is 12.8 Å². The van der Waals surface area contributed by atoms with Crippen molar-refractivity contribution in [2.75, 3.05) is 0 Å². The first-order chi connectivity index (χ1) is 8.07. The minimum absolute atomic E-state index is 0.0704. The molecule has 0 spiro atoms. The summed E-state index contributed by atoms with van der Waals surface area (Å²) in [6.07, 6.45) is 9.69. The zero-order valence-electron chi connectivity index (χ0n) is 11.7. The fraction of sp³-hybridized carbons (Fsp3) is 0.929. The summed E-state index contributed by atoms with van der Waals surface area (Å²) in [5, 5.41) is 0. The average Bonchev–Trinajstić information content (AvgIpc) is 2.25. The molecule has 0 heterocycles. The molecule has 0 saturated carbocycles. The van der Waals surface area contributed by atoms with Gasteiger partial charge in [-0.15, -0.1) is 0 Å². The molecule has 2 unspecified atom stereocenters. The molecular formula is C14H29NO2. The predicted molar refractivity (Wildman–Crippen MR) is 71.8 cm³/mol. The Balaban J connectivity index is 3.51. The van der Waals surface area contributed by atoms with Crippen LogP contribution >= 0.6 is 0 Å². The number of esters is 1. The summed E-state index contributed by atoms with van der Waals surface area (Å²) in [6.45, 7) is 5.57. The second kappa shape index (κ2) is 10.6. The molecule has 0 rings (SSSR count). The molecule has 3 heteroatoms. The van der Waals surface area contributed by atoms with E-state index in [2.05, 4.69) is 6.92 Å². The van der Waals surface area contributed by atoms with Crippen LogP contribution in [0, 0.1) is 0 Å². The van der Waals surface area contributed by atoms with Crippen LogP contribution in [0.4, 0.5) is 0 Å². The lowest BCUT2D eigenvalue weighted by Crippen LogP contribution is -2.35. The van der Waals surface area contributed by atoms with Gasteiger partial charge in [0.25, 0.3) is 0 Å². The molecule has 0 aromatic carbocycles. The number of carbonyl (C=O) groups is 1. The van der Waals surface area contributed by atoms with Crippen molar-refractivity contribution in [1.82, 2.24) is 0 Å². The van der Waals surface area contributed by atoms with Gasteiger partial charge in [-0.25, -0.2) is 0 Å². The number of rotatable bonds is 10. The number of nitrogens with two attached hydrogens (primary N) is 1. The number of carbonyl (C=O) groups excluding carboxylic acids is 1. The second-order valence-electron chi connectivity index (χ2n) is 4.92. The van der Waals surface area contributed by atoms with Crippen molar-refractivity contribution in [2.24, 2.45) is 5.73 Å². The highest BCUT2D eigenvalue weighted by Crippen LogP contribution is 2.12. The van der Waals surface area contributed by atoms with E-state index in [1.54, 1.807) is 0 Å². The van der Waals surface area contributed by atoms with Crippen LogP contribution in [0.2, 0.25) is 0 Å². The third-order valence-corrected chi connectivity index (χ3v) is 3.00. The molecule has 0 aliphatic rings. The van der Waals surface area contributed by atoms with Gasteiger partial charge in [-0.05, 0) is 19.8 Å². The number of hydrogen-bond acceptors (Lipinski definition) is 3. The molecule has 0 saturated heterocycles. The highest BCUT2D eigenvalue weighted by Gasteiger charge is 2.15. The van der Waals surface area contributed by atoms with E-state index in [1.807, 2.05) is 6.92 Å². The van der Waals surface area contributed by atoms with Gasteiger partial charge >= 0.3 is 5.97 Å². The fourth-order valence-corrected chi connectivity index (χ4v) is 1.94. The lowest BCUT2D eigenvalue weighted by Gasteiger charge is -2.20. The second-order valence-corrected chi connectivity index (χ2v) is 4.92. The summed E-state index contributed by atoms with van der Waals surface area (Å²) in [4.78, 5) is 10.9. The van der Waals surface area contributed by atoms with Gasteiger partial charge in [0.1, 0.15) is 6.10 Å². The zero-order chi connectivity index (χ0) is 13.1. The maximum Gasteiger partial charge on any atom is 0.302 e. The first kappa shape index (κ1) is 16.4. The van der Waals surface area contributed by atoms with Crippen molar-refractivity contribution in [1.29, 1.82) is 0 Å². The first-order valence-corrected chi connectivity index (χ1v) is 7.00. The lowest BCUT2D eigenvalue weighted by atomic mass is 10.0. The van der Waals surface area contributed by atoms with Gasteiger partial charge in [0.05, 0.1) is 0 Å². The highest BCUT2D eigenvalue weighted by atomic mass is 16.5. The average molecular weight is 243 g/mol. The van der Waals surface area contributed by atoms with E-state index < -0.39 is 0 Å². The number of unbranched alkanes of at least 4 members (excludes halogenated alkanes) is 6. The van der Waals surface area contributed by atoms with Crippen LogP contribution in [-0.4, -0.2) is 18.1 Å². The summed E-state index contributed by atoms with van der Waals surface area (Å²) < 4.78 is 5.19. The summed E-state index contributed by atoms with van der Waals surface area (Å²) in [5.41, 5.74) is 5.79. The lowest BCUT2D eigenvalue weighted by molar-refractivity contribution is -0.147. The number of hydrogen-bond donors (Lipinski definition) is 1. The van der Waals surface area contributed by atoms with Crippen LogP contribution in [0.3, 0.4) is 0 Å². The van der Waals surface area contributed by atoms with Gasteiger partial charge in [-0.1, -0.05) is 45.4 Å².